The summed E-state index contributed by atoms with van der Waals surface area (Å²) in [6.07, 6.45) is 0. The summed E-state index contributed by atoms with van der Waals surface area (Å²) in [5.74, 6) is 1.25. The van der Waals surface area contributed by atoms with E-state index in [0.717, 1.165) is 38.3 Å². The fourth-order valence-corrected chi connectivity index (χ4v) is 3.75. The van der Waals surface area contributed by atoms with Crippen LogP contribution in [0.3, 0.4) is 0 Å². The van der Waals surface area contributed by atoms with Gasteiger partial charge in [0.05, 0.1) is 18.0 Å². The highest BCUT2D eigenvalue weighted by atomic mass is 16.5. The lowest BCUT2D eigenvalue weighted by molar-refractivity contribution is -0.112. The molecule has 1 aromatic heterocycles. The molecule has 1 amide bonds. The summed E-state index contributed by atoms with van der Waals surface area (Å²) in [7, 11) is 1.65. The molecule has 1 aliphatic rings. The molecule has 0 unspecified atom stereocenters. The number of furan rings is 1. The van der Waals surface area contributed by atoms with Crippen molar-refractivity contribution in [1.82, 2.24) is 0 Å². The Morgan fingerprint density at radius 2 is 1.85 bits per heavy atom. The van der Waals surface area contributed by atoms with Gasteiger partial charge in [-0.15, -0.1) is 0 Å². The Kier molecular flexibility index (Phi) is 3.04. The van der Waals surface area contributed by atoms with Gasteiger partial charge in [0.1, 0.15) is 17.1 Å². The minimum atomic E-state index is -0.225. The smallest absolute Gasteiger partial charge is 0.279 e. The Labute approximate surface area is 149 Å². The monoisotopic (exact) mass is 341 g/mol. The van der Waals surface area contributed by atoms with Crippen LogP contribution in [0.15, 0.2) is 64.0 Å². The van der Waals surface area contributed by atoms with E-state index in [1.54, 1.807) is 7.11 Å². The van der Waals surface area contributed by atoms with E-state index in [4.69, 9.17) is 9.15 Å². The molecule has 3 aromatic carbocycles. The number of ether oxygens (including phenoxy) is 1. The summed E-state index contributed by atoms with van der Waals surface area (Å²) in [6, 6.07) is 17.5. The maximum Gasteiger partial charge on any atom is 0.279 e. The van der Waals surface area contributed by atoms with Crippen LogP contribution in [0, 0.1) is 6.92 Å². The summed E-state index contributed by atoms with van der Waals surface area (Å²) < 4.78 is 11.4. The predicted molar refractivity (Wildman–Crippen MR) is 99.7 cm³/mol. The first-order chi connectivity index (χ1) is 12.7. The molecule has 0 spiro atoms. The van der Waals surface area contributed by atoms with Gasteiger partial charge in [-0.2, -0.15) is 0 Å². The first-order valence-corrected chi connectivity index (χ1v) is 8.40. The third kappa shape index (κ3) is 1.96. The fraction of sp³-hybridized carbons (Fsp3) is 0.0909. The number of carbonyl (C=O) groups is 1. The molecule has 4 aromatic rings. The predicted octanol–water partition coefficient (Wildman–Crippen LogP) is 3.26. The quantitative estimate of drug-likeness (QED) is 0.562. The van der Waals surface area contributed by atoms with Crippen LogP contribution in [0.5, 0.6) is 5.75 Å². The van der Waals surface area contributed by atoms with Crippen LogP contribution in [0.1, 0.15) is 11.3 Å². The molecule has 0 radical (unpaired) electrons. The maximum atomic E-state index is 12.7. The molecule has 1 aliphatic heterocycles. The number of hydrogen-bond donors (Lipinski definition) is 0. The Bertz CT molecular complexity index is 1350. The summed E-state index contributed by atoms with van der Waals surface area (Å²) in [6.45, 7) is 1.89. The number of rotatable bonds is 2. The average molecular weight is 341 g/mol. The van der Waals surface area contributed by atoms with Gasteiger partial charge in [-0.25, -0.2) is 4.99 Å². The number of benzene rings is 3. The summed E-state index contributed by atoms with van der Waals surface area (Å²) in [4.78, 5) is 16.9. The van der Waals surface area contributed by atoms with Crippen molar-refractivity contribution in [2.45, 2.75) is 6.92 Å². The lowest BCUT2D eigenvalue weighted by Gasteiger charge is -2.06. The van der Waals surface area contributed by atoms with E-state index < -0.39 is 0 Å². The number of amides is 1. The van der Waals surface area contributed by atoms with Crippen LogP contribution in [0.25, 0.3) is 27.3 Å². The molecule has 0 saturated carbocycles. The van der Waals surface area contributed by atoms with E-state index in [1.807, 2.05) is 61.5 Å². The van der Waals surface area contributed by atoms with Crippen LogP contribution in [0.4, 0.5) is 0 Å². The summed E-state index contributed by atoms with van der Waals surface area (Å²) in [5.41, 5.74) is 2.17. The highest BCUT2D eigenvalue weighted by Crippen LogP contribution is 2.37. The number of para-hydroxylation sites is 1. The van der Waals surface area contributed by atoms with Crippen LogP contribution < -0.4 is 15.3 Å². The Hall–Kier alpha value is -3.40. The molecule has 4 nitrogen and oxygen atoms in total. The second kappa shape index (κ2) is 5.30. The molecule has 26 heavy (non-hydrogen) atoms. The van der Waals surface area contributed by atoms with Crippen molar-refractivity contribution in [2.75, 3.05) is 7.11 Å². The first kappa shape index (κ1) is 14.9. The van der Waals surface area contributed by atoms with Crippen molar-refractivity contribution in [3.05, 3.63) is 76.5 Å². The Morgan fingerprint density at radius 3 is 2.69 bits per heavy atom. The van der Waals surface area contributed by atoms with Crippen molar-refractivity contribution in [2.24, 2.45) is 4.99 Å². The molecule has 0 aliphatic carbocycles. The van der Waals surface area contributed by atoms with E-state index in [9.17, 15) is 4.79 Å². The molecule has 4 heteroatoms. The Balaban J connectivity index is 1.99. The highest BCUT2D eigenvalue weighted by Gasteiger charge is 2.25. The molecule has 0 atom stereocenters. The number of hydrogen-bond acceptors (Lipinski definition) is 3. The summed E-state index contributed by atoms with van der Waals surface area (Å²) in [5, 5.41) is 4.55. The number of aryl methyl sites for hydroxylation is 1. The SMILES string of the molecule is COc1ccc2ccc3oc(C)c(C4=c5ccccc5=NC4=O)c3c2c1. The standard InChI is InChI=1S/C22H15NO3/c1-12-19(21-15-5-3-4-6-17(15)23-22(21)24)20-16-11-14(25-2)9-7-13(16)8-10-18(20)26-12/h3-11H,1-2H3. The molecule has 0 fully saturated rings. The number of fused-ring (bicyclic) bond motifs is 4. The second-order valence-electron chi connectivity index (χ2n) is 6.37. The van der Waals surface area contributed by atoms with Crippen LogP contribution in [0.2, 0.25) is 0 Å². The lowest BCUT2D eigenvalue weighted by atomic mass is 9.96. The molecule has 0 N–H and O–H groups in total. The van der Waals surface area contributed by atoms with E-state index in [-0.39, 0.29) is 5.91 Å². The molecule has 5 rings (SSSR count). The van der Waals surface area contributed by atoms with Gasteiger partial charge in [0, 0.05) is 16.2 Å². The molecule has 0 saturated heterocycles. The molecular formula is C22H15NO3. The van der Waals surface area contributed by atoms with Crippen molar-refractivity contribution in [3.8, 4) is 5.75 Å². The lowest BCUT2D eigenvalue weighted by Crippen LogP contribution is -2.22. The van der Waals surface area contributed by atoms with Gasteiger partial charge in [0.15, 0.2) is 0 Å². The number of carbonyl (C=O) groups excluding carboxylic acids is 1. The maximum absolute atomic E-state index is 12.7. The van der Waals surface area contributed by atoms with Gasteiger partial charge >= 0.3 is 0 Å². The second-order valence-corrected chi connectivity index (χ2v) is 6.37. The molecular weight excluding hydrogens is 326 g/mol. The number of nitrogens with zero attached hydrogens (tertiary/aromatic N) is 1. The third-order valence-corrected chi connectivity index (χ3v) is 4.91. The molecule has 0 bridgehead atoms. The van der Waals surface area contributed by atoms with E-state index in [1.165, 1.54) is 0 Å². The van der Waals surface area contributed by atoms with Crippen LogP contribution >= 0.6 is 0 Å². The van der Waals surface area contributed by atoms with Crippen molar-refractivity contribution >= 4 is 33.2 Å². The normalized spacial score (nSPS) is 13.3. The number of methoxy groups -OCH3 is 1. The minimum Gasteiger partial charge on any atom is -0.497 e. The van der Waals surface area contributed by atoms with E-state index in [0.29, 0.717) is 16.7 Å². The zero-order chi connectivity index (χ0) is 17.8. The summed E-state index contributed by atoms with van der Waals surface area (Å²) >= 11 is 0. The van der Waals surface area contributed by atoms with Gasteiger partial charge in [-0.05, 0) is 42.0 Å². The van der Waals surface area contributed by atoms with Gasteiger partial charge in [0.2, 0.25) is 0 Å². The van der Waals surface area contributed by atoms with Crippen molar-refractivity contribution < 1.29 is 13.9 Å². The van der Waals surface area contributed by atoms with Gasteiger partial charge in [0.25, 0.3) is 5.91 Å². The largest absolute Gasteiger partial charge is 0.497 e. The van der Waals surface area contributed by atoms with E-state index >= 15 is 0 Å². The Morgan fingerprint density at radius 1 is 1.04 bits per heavy atom. The zero-order valence-corrected chi connectivity index (χ0v) is 14.4. The minimum absolute atomic E-state index is 0.225. The fourth-order valence-electron chi connectivity index (χ4n) is 3.75. The average Bonchev–Trinajstić information content (AvgIpc) is 3.16. The van der Waals surface area contributed by atoms with Gasteiger partial charge in [-0.1, -0.05) is 30.3 Å². The first-order valence-electron chi connectivity index (χ1n) is 8.40. The third-order valence-electron chi connectivity index (χ3n) is 4.91. The van der Waals surface area contributed by atoms with E-state index in [2.05, 4.69) is 4.99 Å². The van der Waals surface area contributed by atoms with Crippen molar-refractivity contribution in [1.29, 1.82) is 0 Å². The van der Waals surface area contributed by atoms with Crippen LogP contribution in [-0.2, 0) is 4.79 Å². The molecule has 2 heterocycles. The zero-order valence-electron chi connectivity index (χ0n) is 14.4. The highest BCUT2D eigenvalue weighted by molar-refractivity contribution is 6.26. The van der Waals surface area contributed by atoms with Gasteiger partial charge in [-0.3, -0.25) is 4.79 Å². The van der Waals surface area contributed by atoms with Crippen LogP contribution in [-0.4, -0.2) is 13.0 Å². The van der Waals surface area contributed by atoms with Crippen molar-refractivity contribution in [3.63, 3.8) is 0 Å². The topological polar surface area (TPSA) is 51.8 Å². The molecule has 126 valence electrons. The van der Waals surface area contributed by atoms with Gasteiger partial charge < -0.3 is 9.15 Å².